The third-order valence-corrected chi connectivity index (χ3v) is 7.78. The summed E-state index contributed by atoms with van der Waals surface area (Å²) in [6.07, 6.45) is 1.40. The summed E-state index contributed by atoms with van der Waals surface area (Å²) in [5.41, 5.74) is 0.471. The van der Waals surface area contributed by atoms with Crippen molar-refractivity contribution < 1.29 is 31.1 Å². The topological polar surface area (TPSA) is 113 Å². The fraction of sp³-hybridized carbons (Fsp3) is 0.200. The number of aromatic amines is 1. The molecule has 2 heterocycles. The van der Waals surface area contributed by atoms with Crippen molar-refractivity contribution in [1.29, 1.82) is 0 Å². The van der Waals surface area contributed by atoms with Crippen LogP contribution >= 0.6 is 0 Å². The molecule has 0 aliphatic carbocycles. The minimum absolute atomic E-state index is 0.00809. The van der Waals surface area contributed by atoms with Gasteiger partial charge in [0.15, 0.2) is 5.82 Å². The number of sulfone groups is 1. The molecule has 5 rings (SSSR count). The Bertz CT molecular complexity index is 1580. The predicted molar refractivity (Wildman–Crippen MR) is 130 cm³/mol. The van der Waals surface area contributed by atoms with Gasteiger partial charge in [0.25, 0.3) is 5.91 Å². The molecule has 192 valence electrons. The third-order valence-electron chi connectivity index (χ3n) is 6.04. The number of nitrogens with one attached hydrogen (secondary N) is 3. The molecule has 1 aliphatic rings. The lowest BCUT2D eigenvalue weighted by molar-refractivity contribution is 0.0904. The number of halogens is 3. The number of ether oxygens (including phenoxy) is 1. The molecular formula is C25H21F3N4O4S. The third kappa shape index (κ3) is 5.02. The molecule has 8 nitrogen and oxygen atoms in total. The van der Waals surface area contributed by atoms with Gasteiger partial charge in [0.1, 0.15) is 17.5 Å². The summed E-state index contributed by atoms with van der Waals surface area (Å²) >= 11 is 0. The van der Waals surface area contributed by atoms with Gasteiger partial charge in [-0.2, -0.15) is 5.10 Å². The van der Waals surface area contributed by atoms with Gasteiger partial charge >= 0.3 is 0 Å². The Morgan fingerprint density at radius 2 is 1.70 bits per heavy atom. The standard InChI is InChI=1S/C25H21F3N4O4S/c26-14-10-15(27)12-18(11-14)37(34,35)17-4-5-21-19(13-17)24(32-31-21)30-25(33)23-20(28)2-1-3-22(23)29-16-6-8-36-9-7-16/h1-5,10-13,16,29H,6-9H2,(H2,30,31,32,33). The summed E-state index contributed by atoms with van der Waals surface area (Å²) in [5.74, 6) is -3.65. The lowest BCUT2D eigenvalue weighted by Crippen LogP contribution is -2.29. The smallest absolute Gasteiger partial charge is 0.261 e. The molecule has 4 aromatic rings. The van der Waals surface area contributed by atoms with E-state index in [9.17, 15) is 26.4 Å². The number of carbonyl (C=O) groups excluding carboxylic acids is 1. The second-order valence-electron chi connectivity index (χ2n) is 8.54. The Kier molecular flexibility index (Phi) is 6.61. The summed E-state index contributed by atoms with van der Waals surface area (Å²) in [6.45, 7) is 1.11. The van der Waals surface area contributed by atoms with Crippen LogP contribution in [0.1, 0.15) is 23.2 Å². The number of carbonyl (C=O) groups is 1. The van der Waals surface area contributed by atoms with Crippen molar-refractivity contribution in [3.8, 4) is 0 Å². The first kappa shape index (κ1) is 24.8. The molecule has 1 amide bonds. The van der Waals surface area contributed by atoms with E-state index in [1.54, 1.807) is 6.07 Å². The summed E-state index contributed by atoms with van der Waals surface area (Å²) in [5, 5.41) is 12.6. The molecular weight excluding hydrogens is 509 g/mol. The van der Waals surface area contributed by atoms with E-state index >= 15 is 0 Å². The van der Waals surface area contributed by atoms with Crippen molar-refractivity contribution in [3.63, 3.8) is 0 Å². The maximum Gasteiger partial charge on any atom is 0.261 e. The van der Waals surface area contributed by atoms with Crippen molar-refractivity contribution in [2.45, 2.75) is 28.7 Å². The Balaban J connectivity index is 1.46. The van der Waals surface area contributed by atoms with Gasteiger partial charge in [-0.15, -0.1) is 0 Å². The average Bonchev–Trinajstić information content (AvgIpc) is 3.26. The fourth-order valence-corrected chi connectivity index (χ4v) is 5.51. The number of hydrogen-bond donors (Lipinski definition) is 3. The first-order chi connectivity index (χ1) is 17.7. The highest BCUT2D eigenvalue weighted by Gasteiger charge is 2.24. The fourth-order valence-electron chi connectivity index (χ4n) is 4.18. The van der Waals surface area contributed by atoms with Gasteiger partial charge in [-0.3, -0.25) is 9.89 Å². The van der Waals surface area contributed by atoms with Crippen LogP contribution in [0.3, 0.4) is 0 Å². The van der Waals surface area contributed by atoms with E-state index < -0.39 is 38.1 Å². The van der Waals surface area contributed by atoms with E-state index in [1.165, 1.54) is 24.3 Å². The van der Waals surface area contributed by atoms with E-state index in [1.807, 2.05) is 0 Å². The van der Waals surface area contributed by atoms with Crippen LogP contribution in [0.2, 0.25) is 0 Å². The molecule has 0 saturated carbocycles. The zero-order valence-corrected chi connectivity index (χ0v) is 20.0. The Labute approximate surface area is 209 Å². The van der Waals surface area contributed by atoms with Crippen LogP contribution in [0.15, 0.2) is 64.4 Å². The molecule has 1 aromatic heterocycles. The van der Waals surface area contributed by atoms with E-state index in [0.29, 0.717) is 55.5 Å². The maximum atomic E-state index is 14.8. The van der Waals surface area contributed by atoms with Crippen molar-refractivity contribution in [2.24, 2.45) is 0 Å². The monoisotopic (exact) mass is 530 g/mol. The van der Waals surface area contributed by atoms with Crippen LogP contribution in [0.4, 0.5) is 24.7 Å². The predicted octanol–water partition coefficient (Wildman–Crippen LogP) is 4.66. The number of amides is 1. The van der Waals surface area contributed by atoms with Crippen molar-refractivity contribution >= 4 is 38.2 Å². The number of benzene rings is 3. The first-order valence-electron chi connectivity index (χ1n) is 11.4. The Hall–Kier alpha value is -3.90. The molecule has 12 heteroatoms. The van der Waals surface area contributed by atoms with Crippen LogP contribution < -0.4 is 10.6 Å². The van der Waals surface area contributed by atoms with Gasteiger partial charge in [0.05, 0.1) is 26.6 Å². The number of fused-ring (bicyclic) bond motifs is 1. The number of H-pyrrole nitrogens is 1. The van der Waals surface area contributed by atoms with E-state index in [-0.39, 0.29) is 27.7 Å². The number of nitrogens with zero attached hydrogens (tertiary/aromatic N) is 1. The molecule has 0 unspecified atom stereocenters. The van der Waals surface area contributed by atoms with Gasteiger partial charge < -0.3 is 15.4 Å². The zero-order chi connectivity index (χ0) is 26.2. The zero-order valence-electron chi connectivity index (χ0n) is 19.2. The van der Waals surface area contributed by atoms with Gasteiger partial charge in [-0.25, -0.2) is 21.6 Å². The Morgan fingerprint density at radius 3 is 2.43 bits per heavy atom. The van der Waals surface area contributed by atoms with Crippen LogP contribution in [-0.4, -0.2) is 43.8 Å². The molecule has 1 saturated heterocycles. The molecule has 1 aliphatic heterocycles. The molecule has 1 fully saturated rings. The second kappa shape index (κ2) is 9.87. The lowest BCUT2D eigenvalue weighted by atomic mass is 10.1. The van der Waals surface area contributed by atoms with Crippen LogP contribution in [-0.2, 0) is 14.6 Å². The molecule has 3 N–H and O–H groups in total. The van der Waals surface area contributed by atoms with Crippen LogP contribution in [0.5, 0.6) is 0 Å². The molecule has 0 radical (unpaired) electrons. The molecule has 0 atom stereocenters. The number of hydrogen-bond acceptors (Lipinski definition) is 6. The normalized spacial score (nSPS) is 14.6. The van der Waals surface area contributed by atoms with E-state index in [4.69, 9.17) is 4.74 Å². The average molecular weight is 531 g/mol. The summed E-state index contributed by atoms with van der Waals surface area (Å²) < 4.78 is 73.5. The van der Waals surface area contributed by atoms with Gasteiger partial charge in [0.2, 0.25) is 9.84 Å². The highest BCUT2D eigenvalue weighted by Crippen LogP contribution is 2.30. The quantitative estimate of drug-likeness (QED) is 0.334. The summed E-state index contributed by atoms with van der Waals surface area (Å²) in [6, 6.07) is 10.1. The first-order valence-corrected chi connectivity index (χ1v) is 12.8. The molecule has 0 spiro atoms. The highest BCUT2D eigenvalue weighted by molar-refractivity contribution is 7.91. The van der Waals surface area contributed by atoms with Gasteiger partial charge in [0, 0.05) is 30.7 Å². The molecule has 3 aromatic carbocycles. The largest absolute Gasteiger partial charge is 0.381 e. The number of anilines is 2. The van der Waals surface area contributed by atoms with Crippen LogP contribution in [0, 0.1) is 17.5 Å². The molecule has 37 heavy (non-hydrogen) atoms. The van der Waals surface area contributed by atoms with Crippen LogP contribution in [0.25, 0.3) is 10.9 Å². The summed E-state index contributed by atoms with van der Waals surface area (Å²) in [7, 11) is -4.30. The minimum atomic E-state index is -4.30. The van der Waals surface area contributed by atoms with E-state index in [2.05, 4.69) is 20.8 Å². The molecule has 0 bridgehead atoms. The van der Waals surface area contributed by atoms with Gasteiger partial charge in [-0.05, 0) is 55.3 Å². The second-order valence-corrected chi connectivity index (χ2v) is 10.5. The van der Waals surface area contributed by atoms with Crippen molar-refractivity contribution in [1.82, 2.24) is 10.2 Å². The lowest BCUT2D eigenvalue weighted by Gasteiger charge is -2.25. The SMILES string of the molecule is O=C(Nc1n[nH]c2ccc(S(=O)(=O)c3cc(F)cc(F)c3)cc12)c1c(F)cccc1NC1CCOCC1. The van der Waals surface area contributed by atoms with Crippen molar-refractivity contribution in [2.75, 3.05) is 23.8 Å². The van der Waals surface area contributed by atoms with E-state index in [0.717, 1.165) is 6.07 Å². The Morgan fingerprint density at radius 1 is 0.973 bits per heavy atom. The maximum absolute atomic E-state index is 14.8. The van der Waals surface area contributed by atoms with Gasteiger partial charge in [-0.1, -0.05) is 6.07 Å². The highest BCUT2D eigenvalue weighted by atomic mass is 32.2. The van der Waals surface area contributed by atoms with Crippen molar-refractivity contribution in [3.05, 3.63) is 77.6 Å². The summed E-state index contributed by atoms with van der Waals surface area (Å²) in [4.78, 5) is 12.3. The number of rotatable bonds is 6. The minimum Gasteiger partial charge on any atom is -0.381 e. The number of aromatic nitrogens is 2.